The lowest BCUT2D eigenvalue weighted by Gasteiger charge is -2.34. The second-order valence-electron chi connectivity index (χ2n) is 5.55. The third-order valence-corrected chi connectivity index (χ3v) is 4.20. The minimum absolute atomic E-state index is 0.125. The minimum Gasteiger partial charge on any atom is -0.503 e. The summed E-state index contributed by atoms with van der Waals surface area (Å²) >= 11 is 0. The highest BCUT2D eigenvalue weighted by Crippen LogP contribution is 2.18. The van der Waals surface area contributed by atoms with Gasteiger partial charge >= 0.3 is 0 Å². The Kier molecular flexibility index (Phi) is 5.20. The van der Waals surface area contributed by atoms with Crippen LogP contribution in [-0.2, 0) is 13.1 Å². The van der Waals surface area contributed by atoms with Crippen LogP contribution in [0.4, 0.5) is 0 Å². The van der Waals surface area contributed by atoms with Crippen molar-refractivity contribution in [1.82, 2.24) is 14.4 Å². The minimum atomic E-state index is -0.296. The highest BCUT2D eigenvalue weighted by atomic mass is 16.3. The molecule has 1 aliphatic rings. The summed E-state index contributed by atoms with van der Waals surface area (Å²) in [4.78, 5) is 16.5. The summed E-state index contributed by atoms with van der Waals surface area (Å²) in [5, 5.41) is 10.2. The van der Waals surface area contributed by atoms with Gasteiger partial charge in [0.1, 0.15) is 0 Å². The van der Waals surface area contributed by atoms with Crippen molar-refractivity contribution < 1.29 is 5.11 Å². The summed E-state index contributed by atoms with van der Waals surface area (Å²) in [5.74, 6) is -0.125. The van der Waals surface area contributed by atoms with Crippen LogP contribution in [0.1, 0.15) is 18.3 Å². The average molecular weight is 291 g/mol. The van der Waals surface area contributed by atoms with Crippen molar-refractivity contribution >= 4 is 0 Å². The number of nitrogens with zero attached hydrogens (tertiary/aromatic N) is 3. The Balaban J connectivity index is 2.22. The van der Waals surface area contributed by atoms with Crippen LogP contribution < -0.4 is 5.43 Å². The zero-order chi connectivity index (χ0) is 15.4. The fourth-order valence-corrected chi connectivity index (χ4v) is 2.84. The number of piperazine rings is 1. The number of pyridine rings is 1. The molecule has 0 aromatic carbocycles. The third-order valence-electron chi connectivity index (χ3n) is 4.20. The van der Waals surface area contributed by atoms with E-state index in [0.717, 1.165) is 38.4 Å². The Bertz CT molecular complexity index is 557. The number of aromatic hydroxyl groups is 1. The van der Waals surface area contributed by atoms with Crippen molar-refractivity contribution in [1.29, 1.82) is 0 Å². The van der Waals surface area contributed by atoms with E-state index in [1.807, 2.05) is 11.5 Å². The number of aryl methyl sites for hydroxylation is 1. The van der Waals surface area contributed by atoms with E-state index in [2.05, 4.69) is 23.3 Å². The van der Waals surface area contributed by atoms with Gasteiger partial charge in [-0.25, -0.2) is 0 Å². The molecule has 0 aliphatic carbocycles. The van der Waals surface area contributed by atoms with Crippen LogP contribution in [0.3, 0.4) is 0 Å². The first kappa shape index (κ1) is 15.8. The molecule has 2 rings (SSSR count). The van der Waals surface area contributed by atoms with Gasteiger partial charge in [-0.3, -0.25) is 9.69 Å². The molecule has 2 heterocycles. The zero-order valence-electron chi connectivity index (χ0n) is 13.0. The lowest BCUT2D eigenvalue weighted by Crippen LogP contribution is -2.46. The van der Waals surface area contributed by atoms with Gasteiger partial charge in [0.2, 0.25) is 5.43 Å². The maximum absolute atomic E-state index is 11.8. The fourth-order valence-electron chi connectivity index (χ4n) is 2.84. The first-order valence-corrected chi connectivity index (χ1v) is 7.54. The maximum Gasteiger partial charge on any atom is 0.223 e. The second kappa shape index (κ2) is 6.91. The predicted octanol–water partition coefficient (Wildman–Crippen LogP) is 1.19. The van der Waals surface area contributed by atoms with E-state index in [4.69, 9.17) is 0 Å². The largest absolute Gasteiger partial charge is 0.503 e. The molecule has 1 saturated heterocycles. The Morgan fingerprint density at radius 1 is 1.29 bits per heavy atom. The Morgan fingerprint density at radius 3 is 2.48 bits per heavy atom. The molecule has 0 spiro atoms. The van der Waals surface area contributed by atoms with E-state index < -0.39 is 0 Å². The normalized spacial score (nSPS) is 17.0. The summed E-state index contributed by atoms with van der Waals surface area (Å²) < 4.78 is 1.97. The standard InChI is InChI=1S/C16H25N3O2/c1-4-6-19-13(3)11-15(20)16(21)14(19)12-18-9-7-17(5-2)8-10-18/h4,11,21H,1,5-10,12H2,2-3H3. The van der Waals surface area contributed by atoms with Crippen LogP contribution >= 0.6 is 0 Å². The third kappa shape index (κ3) is 3.54. The molecule has 5 heteroatoms. The van der Waals surface area contributed by atoms with E-state index >= 15 is 0 Å². The molecule has 1 aliphatic heterocycles. The van der Waals surface area contributed by atoms with Gasteiger partial charge in [-0.05, 0) is 13.5 Å². The molecule has 5 nitrogen and oxygen atoms in total. The van der Waals surface area contributed by atoms with Crippen molar-refractivity contribution in [2.75, 3.05) is 32.7 Å². The smallest absolute Gasteiger partial charge is 0.223 e. The molecule has 0 unspecified atom stereocenters. The van der Waals surface area contributed by atoms with E-state index in [1.165, 1.54) is 6.07 Å². The number of likely N-dealkylation sites (N-methyl/N-ethyl adjacent to an activating group) is 1. The average Bonchev–Trinajstić information content (AvgIpc) is 2.49. The van der Waals surface area contributed by atoms with Gasteiger partial charge in [0, 0.05) is 51.0 Å². The first-order valence-electron chi connectivity index (χ1n) is 7.54. The van der Waals surface area contributed by atoms with E-state index in [0.29, 0.717) is 18.8 Å². The topological polar surface area (TPSA) is 48.7 Å². The number of hydrogen-bond donors (Lipinski definition) is 1. The number of allylic oxidation sites excluding steroid dienone is 1. The number of hydrogen-bond acceptors (Lipinski definition) is 4. The van der Waals surface area contributed by atoms with Crippen LogP contribution in [0.5, 0.6) is 5.75 Å². The van der Waals surface area contributed by atoms with Crippen molar-refractivity contribution in [2.24, 2.45) is 0 Å². The fraction of sp³-hybridized carbons (Fsp3) is 0.562. The molecule has 116 valence electrons. The molecule has 0 bridgehead atoms. The summed E-state index contributed by atoms with van der Waals surface area (Å²) in [6.07, 6.45) is 1.79. The second-order valence-corrected chi connectivity index (χ2v) is 5.55. The predicted molar refractivity (Wildman–Crippen MR) is 84.7 cm³/mol. The van der Waals surface area contributed by atoms with Crippen molar-refractivity contribution in [3.05, 3.63) is 40.3 Å². The SMILES string of the molecule is C=CCn1c(C)cc(=O)c(O)c1CN1CCN(CC)CC1. The van der Waals surface area contributed by atoms with E-state index in [-0.39, 0.29) is 11.2 Å². The van der Waals surface area contributed by atoms with Gasteiger partial charge in [0.15, 0.2) is 5.75 Å². The van der Waals surface area contributed by atoms with Gasteiger partial charge in [-0.2, -0.15) is 0 Å². The molecule has 1 N–H and O–H groups in total. The molecule has 0 atom stereocenters. The molecular formula is C16H25N3O2. The lowest BCUT2D eigenvalue weighted by atomic mass is 10.2. The van der Waals surface area contributed by atoms with Gasteiger partial charge in [-0.15, -0.1) is 6.58 Å². The zero-order valence-corrected chi connectivity index (χ0v) is 13.0. The highest BCUT2D eigenvalue weighted by Gasteiger charge is 2.20. The summed E-state index contributed by atoms with van der Waals surface area (Å²) in [7, 11) is 0. The summed E-state index contributed by atoms with van der Waals surface area (Å²) in [5.41, 5.74) is 1.26. The van der Waals surface area contributed by atoms with Crippen molar-refractivity contribution in [2.45, 2.75) is 26.9 Å². The van der Waals surface area contributed by atoms with Crippen molar-refractivity contribution in [3.8, 4) is 5.75 Å². The van der Waals surface area contributed by atoms with Gasteiger partial charge < -0.3 is 14.6 Å². The monoisotopic (exact) mass is 291 g/mol. The van der Waals surface area contributed by atoms with Gasteiger partial charge in [0.25, 0.3) is 0 Å². The molecular weight excluding hydrogens is 266 g/mol. The van der Waals surface area contributed by atoms with Gasteiger partial charge in [0.05, 0.1) is 5.69 Å². The van der Waals surface area contributed by atoms with Crippen LogP contribution in [-0.4, -0.2) is 52.2 Å². The Morgan fingerprint density at radius 2 is 1.90 bits per heavy atom. The molecule has 1 fully saturated rings. The Labute approximate surface area is 126 Å². The molecule has 0 amide bonds. The molecule has 1 aromatic rings. The first-order chi connectivity index (χ1) is 10.1. The van der Waals surface area contributed by atoms with Crippen LogP contribution in [0.15, 0.2) is 23.5 Å². The lowest BCUT2D eigenvalue weighted by molar-refractivity contribution is 0.128. The molecule has 0 radical (unpaired) electrons. The number of rotatable bonds is 5. The maximum atomic E-state index is 11.8. The van der Waals surface area contributed by atoms with E-state index in [9.17, 15) is 9.90 Å². The van der Waals surface area contributed by atoms with Crippen LogP contribution in [0.25, 0.3) is 0 Å². The van der Waals surface area contributed by atoms with Crippen LogP contribution in [0, 0.1) is 6.92 Å². The summed E-state index contributed by atoms with van der Waals surface area (Å²) in [6.45, 7) is 14.1. The molecule has 0 saturated carbocycles. The van der Waals surface area contributed by atoms with Crippen LogP contribution in [0.2, 0.25) is 0 Å². The molecule has 1 aromatic heterocycles. The van der Waals surface area contributed by atoms with Gasteiger partial charge in [-0.1, -0.05) is 13.0 Å². The number of aromatic nitrogens is 1. The molecule has 21 heavy (non-hydrogen) atoms. The quantitative estimate of drug-likeness (QED) is 0.828. The van der Waals surface area contributed by atoms with E-state index in [1.54, 1.807) is 6.08 Å². The van der Waals surface area contributed by atoms with Crippen molar-refractivity contribution in [3.63, 3.8) is 0 Å². The highest BCUT2D eigenvalue weighted by molar-refractivity contribution is 5.30. The Hall–Kier alpha value is -1.59. The summed E-state index contributed by atoms with van der Waals surface area (Å²) in [6, 6.07) is 1.48.